The van der Waals surface area contributed by atoms with E-state index < -0.39 is 0 Å². The fourth-order valence-electron chi connectivity index (χ4n) is 4.15. The number of carbonyl (C=O) groups is 2. The number of aromatic nitrogens is 1. The molecule has 2 amide bonds. The minimum Gasteiger partial charge on any atom is -0.486 e. The molecule has 0 unspecified atom stereocenters. The molecular weight excluding hydrogens is 454 g/mol. The average molecular weight is 480 g/mol. The first-order chi connectivity index (χ1) is 16.7. The van der Waals surface area contributed by atoms with Gasteiger partial charge in [0.2, 0.25) is 6.79 Å². The van der Waals surface area contributed by atoms with E-state index >= 15 is 0 Å². The molecule has 0 bridgehead atoms. The van der Waals surface area contributed by atoms with Crippen LogP contribution in [0.1, 0.15) is 51.5 Å². The highest BCUT2D eigenvalue weighted by Crippen LogP contribution is 2.32. The largest absolute Gasteiger partial charge is 0.486 e. The molecule has 8 nitrogen and oxygen atoms in total. The molecule has 0 radical (unpaired) electrons. The number of nitrogens with one attached hydrogen (secondary N) is 2. The zero-order valence-corrected chi connectivity index (χ0v) is 19.3. The predicted molar refractivity (Wildman–Crippen MR) is 126 cm³/mol. The number of benzene rings is 2. The van der Waals surface area contributed by atoms with Crippen LogP contribution < -0.4 is 24.8 Å². The Kier molecular flexibility index (Phi) is 6.62. The number of ether oxygens (including phenoxy) is 3. The standard InChI is InChI=1S/C25H25N3O5S/c29-24(16-10-11-21-22(12-16)33-15-32-21)27-18-8-4-5-9-19(18)28-25(30)20-14-34-23(26-20)13-31-17-6-2-1-3-7-17/h1-3,6-7,10-12,14,18-19H,4-5,8-9,13,15H2,(H,27,29)(H,28,30)/t18-,19+/m0/s1. The number of para-hydroxylation sites is 1. The Bertz CT molecular complexity index is 1170. The van der Waals surface area contributed by atoms with Crippen molar-refractivity contribution in [1.29, 1.82) is 0 Å². The molecule has 0 spiro atoms. The third kappa shape index (κ3) is 5.14. The topological polar surface area (TPSA) is 98.8 Å². The molecule has 2 aliphatic rings. The lowest BCUT2D eigenvalue weighted by atomic mass is 9.90. The van der Waals surface area contributed by atoms with Gasteiger partial charge in [-0.2, -0.15) is 0 Å². The molecule has 5 rings (SSSR count). The summed E-state index contributed by atoms with van der Waals surface area (Å²) in [4.78, 5) is 30.2. The van der Waals surface area contributed by atoms with Crippen molar-refractivity contribution in [2.45, 2.75) is 44.4 Å². The van der Waals surface area contributed by atoms with Crippen LogP contribution in [0, 0.1) is 0 Å². The fraction of sp³-hybridized carbons (Fsp3) is 0.320. The molecule has 0 saturated heterocycles. The van der Waals surface area contributed by atoms with Crippen molar-refractivity contribution in [2.24, 2.45) is 0 Å². The molecule has 3 aromatic rings. The number of carbonyl (C=O) groups excluding carboxylic acids is 2. The predicted octanol–water partition coefficient (Wildman–Crippen LogP) is 3.92. The van der Waals surface area contributed by atoms with Gasteiger partial charge in [-0.3, -0.25) is 9.59 Å². The van der Waals surface area contributed by atoms with E-state index in [0.717, 1.165) is 36.4 Å². The molecule has 2 atom stereocenters. The molecule has 1 aliphatic heterocycles. The van der Waals surface area contributed by atoms with Gasteiger partial charge in [-0.15, -0.1) is 11.3 Å². The molecule has 1 aliphatic carbocycles. The molecule has 1 saturated carbocycles. The zero-order valence-electron chi connectivity index (χ0n) is 18.5. The van der Waals surface area contributed by atoms with E-state index in [-0.39, 0.29) is 30.7 Å². The highest BCUT2D eigenvalue weighted by molar-refractivity contribution is 7.09. The lowest BCUT2D eigenvalue weighted by Crippen LogP contribution is -2.53. The zero-order chi connectivity index (χ0) is 23.3. The van der Waals surface area contributed by atoms with Crippen LogP contribution >= 0.6 is 11.3 Å². The summed E-state index contributed by atoms with van der Waals surface area (Å²) in [5.41, 5.74) is 0.866. The van der Waals surface area contributed by atoms with Crippen molar-refractivity contribution in [1.82, 2.24) is 15.6 Å². The summed E-state index contributed by atoms with van der Waals surface area (Å²) in [6.07, 6.45) is 3.59. The lowest BCUT2D eigenvalue weighted by molar-refractivity contribution is 0.0860. The Hall–Kier alpha value is -3.59. The van der Waals surface area contributed by atoms with Crippen LogP contribution in [-0.4, -0.2) is 35.7 Å². The molecule has 1 aromatic heterocycles. The Morgan fingerprint density at radius 2 is 1.71 bits per heavy atom. The van der Waals surface area contributed by atoms with Gasteiger partial charge >= 0.3 is 0 Å². The Balaban J connectivity index is 1.18. The number of nitrogens with zero attached hydrogens (tertiary/aromatic N) is 1. The van der Waals surface area contributed by atoms with Crippen LogP contribution in [0.2, 0.25) is 0 Å². The highest BCUT2D eigenvalue weighted by atomic mass is 32.1. The van der Waals surface area contributed by atoms with E-state index in [9.17, 15) is 9.59 Å². The van der Waals surface area contributed by atoms with Gasteiger partial charge in [-0.05, 0) is 43.2 Å². The maximum Gasteiger partial charge on any atom is 0.271 e. The highest BCUT2D eigenvalue weighted by Gasteiger charge is 2.29. The van der Waals surface area contributed by atoms with E-state index in [2.05, 4.69) is 15.6 Å². The summed E-state index contributed by atoms with van der Waals surface area (Å²) in [5, 5.41) is 8.63. The first-order valence-corrected chi connectivity index (χ1v) is 12.2. The van der Waals surface area contributed by atoms with Crippen molar-refractivity contribution in [2.75, 3.05) is 6.79 Å². The van der Waals surface area contributed by atoms with Gasteiger partial charge in [-0.25, -0.2) is 4.98 Å². The second-order valence-corrected chi connectivity index (χ2v) is 9.18. The summed E-state index contributed by atoms with van der Waals surface area (Å²) < 4.78 is 16.4. The van der Waals surface area contributed by atoms with Crippen molar-refractivity contribution >= 4 is 23.2 Å². The first-order valence-electron chi connectivity index (χ1n) is 11.3. The molecule has 34 heavy (non-hydrogen) atoms. The Labute approximate surface area is 201 Å². The third-order valence-electron chi connectivity index (χ3n) is 5.92. The monoisotopic (exact) mass is 479 g/mol. The Morgan fingerprint density at radius 3 is 2.50 bits per heavy atom. The van der Waals surface area contributed by atoms with E-state index in [1.165, 1.54) is 11.3 Å². The number of rotatable bonds is 7. The summed E-state index contributed by atoms with van der Waals surface area (Å²) >= 11 is 1.39. The summed E-state index contributed by atoms with van der Waals surface area (Å²) in [5.74, 6) is 1.52. The summed E-state index contributed by atoms with van der Waals surface area (Å²) in [6, 6.07) is 14.3. The van der Waals surface area contributed by atoms with Gasteiger partial charge in [0.1, 0.15) is 23.1 Å². The second-order valence-electron chi connectivity index (χ2n) is 8.24. The molecular formula is C25H25N3O5S. The van der Waals surface area contributed by atoms with Crippen LogP contribution in [0.25, 0.3) is 0 Å². The summed E-state index contributed by atoms with van der Waals surface area (Å²) in [7, 11) is 0. The molecule has 176 valence electrons. The van der Waals surface area contributed by atoms with Crippen LogP contribution in [-0.2, 0) is 6.61 Å². The van der Waals surface area contributed by atoms with Gasteiger partial charge < -0.3 is 24.8 Å². The van der Waals surface area contributed by atoms with Crippen molar-refractivity contribution in [3.8, 4) is 17.2 Å². The van der Waals surface area contributed by atoms with Gasteiger partial charge in [0.15, 0.2) is 11.5 Å². The number of fused-ring (bicyclic) bond motifs is 1. The smallest absolute Gasteiger partial charge is 0.271 e. The lowest BCUT2D eigenvalue weighted by Gasteiger charge is -2.32. The molecule has 1 fully saturated rings. The minimum absolute atomic E-state index is 0.157. The number of hydrogen-bond acceptors (Lipinski definition) is 7. The summed E-state index contributed by atoms with van der Waals surface area (Å²) in [6.45, 7) is 0.466. The van der Waals surface area contributed by atoms with Crippen LogP contribution in [0.3, 0.4) is 0 Å². The van der Waals surface area contributed by atoms with Gasteiger partial charge in [0.25, 0.3) is 11.8 Å². The van der Waals surface area contributed by atoms with Crippen molar-refractivity contribution < 1.29 is 23.8 Å². The van der Waals surface area contributed by atoms with E-state index in [0.29, 0.717) is 29.4 Å². The number of thiazole rings is 1. The van der Waals surface area contributed by atoms with E-state index in [1.807, 2.05) is 30.3 Å². The second kappa shape index (κ2) is 10.1. The third-order valence-corrected chi connectivity index (χ3v) is 6.75. The SMILES string of the molecule is O=C(N[C@H]1CCCC[C@H]1NC(=O)c1csc(COc2ccccc2)n1)c1ccc2c(c1)OCO2. The normalized spacial score (nSPS) is 18.8. The number of hydrogen-bond donors (Lipinski definition) is 2. The Morgan fingerprint density at radius 1 is 0.971 bits per heavy atom. The van der Waals surface area contributed by atoms with E-state index in [1.54, 1.807) is 23.6 Å². The average Bonchev–Trinajstić information content (AvgIpc) is 3.54. The van der Waals surface area contributed by atoms with Gasteiger partial charge in [-0.1, -0.05) is 31.0 Å². The maximum absolute atomic E-state index is 12.9. The quantitative estimate of drug-likeness (QED) is 0.533. The fourth-order valence-corrected chi connectivity index (χ4v) is 4.84. The number of amides is 2. The van der Waals surface area contributed by atoms with Crippen LogP contribution in [0.5, 0.6) is 17.2 Å². The molecule has 2 heterocycles. The van der Waals surface area contributed by atoms with Crippen molar-refractivity contribution in [3.63, 3.8) is 0 Å². The molecule has 2 N–H and O–H groups in total. The minimum atomic E-state index is -0.239. The van der Waals surface area contributed by atoms with E-state index in [4.69, 9.17) is 14.2 Å². The van der Waals surface area contributed by atoms with Crippen LogP contribution in [0.15, 0.2) is 53.9 Å². The first kappa shape index (κ1) is 22.2. The van der Waals surface area contributed by atoms with Gasteiger partial charge in [0.05, 0.1) is 0 Å². The molecule has 2 aromatic carbocycles. The van der Waals surface area contributed by atoms with Gasteiger partial charge in [0, 0.05) is 23.0 Å². The molecule has 9 heteroatoms. The van der Waals surface area contributed by atoms with Crippen molar-refractivity contribution in [3.05, 3.63) is 70.2 Å². The maximum atomic E-state index is 12.9. The van der Waals surface area contributed by atoms with Crippen LogP contribution in [0.4, 0.5) is 0 Å².